The molecule has 2 N–H and O–H groups in total. The van der Waals surface area contributed by atoms with Crippen LogP contribution in [0.4, 0.5) is 5.69 Å². The predicted octanol–water partition coefficient (Wildman–Crippen LogP) is 3.89. The van der Waals surface area contributed by atoms with Gasteiger partial charge in [-0.1, -0.05) is 38.3 Å². The molecule has 0 saturated heterocycles. The number of hydrogen-bond acceptors (Lipinski definition) is 4. The molecule has 3 rings (SSSR count). The maximum atomic E-state index is 12.7. The highest BCUT2D eigenvalue weighted by Crippen LogP contribution is 2.48. The summed E-state index contributed by atoms with van der Waals surface area (Å²) in [6.07, 6.45) is 8.75. The lowest BCUT2D eigenvalue weighted by atomic mass is 9.82. The smallest absolute Gasteiger partial charge is 0.338 e. The molecule has 6 nitrogen and oxygen atoms in total. The summed E-state index contributed by atoms with van der Waals surface area (Å²) in [5, 5.41) is 12.3. The van der Waals surface area contributed by atoms with E-state index in [0.29, 0.717) is 17.9 Å². The van der Waals surface area contributed by atoms with Crippen LogP contribution in [-0.2, 0) is 14.3 Å². The molecule has 0 unspecified atom stereocenters. The summed E-state index contributed by atoms with van der Waals surface area (Å²) < 4.78 is 5.25. The molecule has 2 aliphatic carbocycles. The van der Waals surface area contributed by atoms with Crippen molar-refractivity contribution in [3.63, 3.8) is 0 Å². The van der Waals surface area contributed by atoms with Crippen molar-refractivity contribution in [3.05, 3.63) is 42.0 Å². The number of carbonyl (C=O) groups is 3. The fourth-order valence-electron chi connectivity index (χ4n) is 4.21. The summed E-state index contributed by atoms with van der Waals surface area (Å²) in [7, 11) is 0. The van der Waals surface area contributed by atoms with E-state index in [1.54, 1.807) is 24.3 Å². The zero-order valence-corrected chi connectivity index (χ0v) is 16.1. The van der Waals surface area contributed by atoms with Gasteiger partial charge in [-0.25, -0.2) is 4.79 Å². The van der Waals surface area contributed by atoms with Crippen LogP contribution in [0.25, 0.3) is 0 Å². The quantitative estimate of drug-likeness (QED) is 0.382. The molecular formula is C22H27NO5. The summed E-state index contributed by atoms with van der Waals surface area (Å²) in [6.45, 7) is 2.54. The van der Waals surface area contributed by atoms with Crippen molar-refractivity contribution in [2.75, 3.05) is 11.9 Å². The molecule has 28 heavy (non-hydrogen) atoms. The van der Waals surface area contributed by atoms with Gasteiger partial charge in [-0.3, -0.25) is 9.59 Å². The minimum atomic E-state index is -0.922. The minimum Gasteiger partial charge on any atom is -0.481 e. The van der Waals surface area contributed by atoms with Gasteiger partial charge in [-0.15, -0.1) is 0 Å². The maximum absolute atomic E-state index is 12.7. The third kappa shape index (κ3) is 4.43. The van der Waals surface area contributed by atoms with Crippen LogP contribution in [0.2, 0.25) is 0 Å². The highest BCUT2D eigenvalue weighted by Gasteiger charge is 2.51. The largest absolute Gasteiger partial charge is 0.481 e. The van der Waals surface area contributed by atoms with Crippen molar-refractivity contribution >= 4 is 23.5 Å². The lowest BCUT2D eigenvalue weighted by Crippen LogP contribution is -2.36. The van der Waals surface area contributed by atoms with E-state index in [0.717, 1.165) is 32.1 Å². The van der Waals surface area contributed by atoms with Gasteiger partial charge in [-0.05, 0) is 48.9 Å². The monoisotopic (exact) mass is 385 g/mol. The summed E-state index contributed by atoms with van der Waals surface area (Å²) >= 11 is 0. The highest BCUT2D eigenvalue weighted by molar-refractivity contribution is 5.97. The lowest BCUT2D eigenvalue weighted by molar-refractivity contribution is -0.146. The van der Waals surface area contributed by atoms with Crippen LogP contribution in [0.15, 0.2) is 36.4 Å². The van der Waals surface area contributed by atoms with E-state index in [4.69, 9.17) is 4.74 Å². The van der Waals surface area contributed by atoms with Gasteiger partial charge >= 0.3 is 11.9 Å². The number of aliphatic carboxylic acids is 1. The predicted molar refractivity (Wildman–Crippen MR) is 105 cm³/mol. The second-order valence-electron chi connectivity index (χ2n) is 7.60. The van der Waals surface area contributed by atoms with Gasteiger partial charge in [0.2, 0.25) is 5.91 Å². The van der Waals surface area contributed by atoms with Gasteiger partial charge < -0.3 is 15.2 Å². The van der Waals surface area contributed by atoms with Crippen molar-refractivity contribution in [1.82, 2.24) is 0 Å². The van der Waals surface area contributed by atoms with Gasteiger partial charge in [0.25, 0.3) is 0 Å². The number of rotatable bonds is 9. The number of allylic oxidation sites excluding steroid dienone is 2. The zero-order chi connectivity index (χ0) is 20.1. The molecule has 4 atom stereocenters. The van der Waals surface area contributed by atoms with Gasteiger partial charge in [0, 0.05) is 5.69 Å². The van der Waals surface area contributed by atoms with Crippen LogP contribution in [0, 0.1) is 23.7 Å². The molecule has 0 spiro atoms. The number of hydrogen-bond donors (Lipinski definition) is 2. The van der Waals surface area contributed by atoms with Gasteiger partial charge in [0.05, 0.1) is 24.0 Å². The van der Waals surface area contributed by atoms with Crippen LogP contribution in [-0.4, -0.2) is 29.6 Å². The Kier molecular flexibility index (Phi) is 6.49. The molecule has 0 aromatic heterocycles. The van der Waals surface area contributed by atoms with Crippen LogP contribution >= 0.6 is 0 Å². The molecule has 2 bridgehead atoms. The van der Waals surface area contributed by atoms with E-state index in [9.17, 15) is 19.5 Å². The first kappa shape index (κ1) is 20.1. The number of anilines is 1. The molecule has 0 aliphatic heterocycles. The van der Waals surface area contributed by atoms with Crippen molar-refractivity contribution in [2.24, 2.45) is 23.7 Å². The molecule has 150 valence electrons. The van der Waals surface area contributed by atoms with E-state index in [2.05, 4.69) is 12.2 Å². The van der Waals surface area contributed by atoms with Crippen LogP contribution in [0.1, 0.15) is 49.4 Å². The number of ether oxygens (including phenoxy) is 1. The Labute approximate surface area is 165 Å². The fourth-order valence-corrected chi connectivity index (χ4v) is 4.21. The van der Waals surface area contributed by atoms with E-state index in [-0.39, 0.29) is 23.7 Å². The second-order valence-corrected chi connectivity index (χ2v) is 7.60. The van der Waals surface area contributed by atoms with Crippen molar-refractivity contribution in [1.29, 1.82) is 0 Å². The summed E-state index contributed by atoms with van der Waals surface area (Å²) in [5.74, 6) is -2.89. The van der Waals surface area contributed by atoms with E-state index < -0.39 is 17.8 Å². The first-order chi connectivity index (χ1) is 13.5. The molecule has 1 fully saturated rings. The number of fused-ring (bicyclic) bond motifs is 2. The average molecular weight is 385 g/mol. The number of benzene rings is 1. The number of amides is 1. The minimum absolute atomic E-state index is 0.0203. The highest BCUT2D eigenvalue weighted by atomic mass is 16.5. The fraction of sp³-hybridized carbons (Fsp3) is 0.500. The average Bonchev–Trinajstić information content (AvgIpc) is 3.29. The Morgan fingerprint density at radius 3 is 2.36 bits per heavy atom. The topological polar surface area (TPSA) is 92.7 Å². The van der Waals surface area contributed by atoms with Crippen molar-refractivity contribution in [3.8, 4) is 0 Å². The van der Waals surface area contributed by atoms with E-state index in [1.807, 2.05) is 12.2 Å². The molecule has 1 aromatic carbocycles. The first-order valence-electron chi connectivity index (χ1n) is 10.0. The number of carboxylic acids is 1. The Balaban J connectivity index is 1.54. The van der Waals surface area contributed by atoms with Crippen LogP contribution < -0.4 is 5.32 Å². The van der Waals surface area contributed by atoms with Crippen molar-refractivity contribution in [2.45, 2.75) is 39.0 Å². The first-order valence-corrected chi connectivity index (χ1v) is 10.0. The lowest BCUT2D eigenvalue weighted by Gasteiger charge is -2.23. The maximum Gasteiger partial charge on any atom is 0.338 e. The molecule has 2 aliphatic rings. The number of esters is 1. The number of carbonyl (C=O) groups excluding carboxylic acids is 2. The third-order valence-electron chi connectivity index (χ3n) is 5.67. The molecule has 1 saturated carbocycles. The molecule has 1 amide bonds. The normalized spacial score (nSPS) is 24.9. The summed E-state index contributed by atoms with van der Waals surface area (Å²) in [4.78, 5) is 36.3. The molecule has 0 radical (unpaired) electrons. The molecule has 1 aromatic rings. The van der Waals surface area contributed by atoms with E-state index in [1.165, 1.54) is 0 Å². The third-order valence-corrected chi connectivity index (χ3v) is 5.67. The van der Waals surface area contributed by atoms with Crippen LogP contribution in [0.3, 0.4) is 0 Å². The Hall–Kier alpha value is -2.63. The standard InChI is InChI=1S/C22H27NO5/c1-2-3-4-5-12-28-22(27)14-8-10-17(11-9-14)23-20(24)18-15-6-7-16(13-15)19(18)21(25)26/h6-11,15-16,18-19H,2-5,12-13H2,1H3,(H,23,24)(H,25,26)/t15-,16-,18+,19+/m0/s1. The second kappa shape index (κ2) is 9.04. The Morgan fingerprint density at radius 1 is 1.04 bits per heavy atom. The number of nitrogens with one attached hydrogen (secondary N) is 1. The number of carboxylic acid groups (broad SMARTS) is 1. The Morgan fingerprint density at radius 2 is 1.71 bits per heavy atom. The molecule has 0 heterocycles. The Bertz CT molecular complexity index is 755. The zero-order valence-electron chi connectivity index (χ0n) is 16.1. The molecular weight excluding hydrogens is 358 g/mol. The van der Waals surface area contributed by atoms with Crippen LogP contribution in [0.5, 0.6) is 0 Å². The number of unbranched alkanes of at least 4 members (excludes halogenated alkanes) is 3. The SMILES string of the molecule is CCCCCCOC(=O)c1ccc(NC(=O)[C@H]2[C@H](C(=O)O)[C@H]3C=C[C@H]2C3)cc1. The summed E-state index contributed by atoms with van der Waals surface area (Å²) in [6, 6.07) is 6.51. The van der Waals surface area contributed by atoms with Gasteiger partial charge in [0.1, 0.15) is 0 Å². The van der Waals surface area contributed by atoms with Gasteiger partial charge in [0.15, 0.2) is 0 Å². The van der Waals surface area contributed by atoms with E-state index >= 15 is 0 Å². The molecule has 6 heteroatoms. The van der Waals surface area contributed by atoms with Gasteiger partial charge in [-0.2, -0.15) is 0 Å². The van der Waals surface area contributed by atoms with Crippen molar-refractivity contribution < 1.29 is 24.2 Å². The summed E-state index contributed by atoms with van der Waals surface area (Å²) in [5.41, 5.74) is 0.972.